The Morgan fingerprint density at radius 3 is 1.62 bits per heavy atom. The molecule has 0 unspecified atom stereocenters. The van der Waals surface area contributed by atoms with Crippen LogP contribution in [0.2, 0.25) is 0 Å². The number of nitrogens with zero attached hydrogens (tertiary/aromatic N) is 1. The molecule has 1 aliphatic heterocycles. The standard InChI is InChI=1S/C29H33NO7/c1-33-24-12-6-21(7-13-24)29(22-8-14-25(34-2)15-9-22,23-10-16-26(35-3)17-11-23)36-20-19-30-18-4-5-27(30)37-28(31)32/h6-17,27H,4-5,18-20H2,1-3H3,(H,31,32)/t27-/m0/s1. The minimum atomic E-state index is -1.26. The fourth-order valence-electron chi connectivity index (χ4n) is 4.84. The third kappa shape index (κ3) is 5.81. The fraction of sp³-hybridized carbons (Fsp3) is 0.345. The molecule has 3 aromatic rings. The first kappa shape index (κ1) is 26.3. The van der Waals surface area contributed by atoms with E-state index in [-0.39, 0.29) is 0 Å². The van der Waals surface area contributed by atoms with Crippen molar-refractivity contribution in [2.75, 3.05) is 41.0 Å². The Morgan fingerprint density at radius 2 is 1.24 bits per heavy atom. The number of likely N-dealkylation sites (tertiary alicyclic amines) is 1. The molecule has 0 spiro atoms. The number of carbonyl (C=O) groups is 1. The smallest absolute Gasteiger partial charge is 0.497 e. The molecule has 37 heavy (non-hydrogen) atoms. The van der Waals surface area contributed by atoms with Gasteiger partial charge in [-0.25, -0.2) is 4.79 Å². The highest BCUT2D eigenvalue weighted by atomic mass is 16.7. The van der Waals surface area contributed by atoms with Crippen molar-refractivity contribution in [1.29, 1.82) is 0 Å². The third-order valence-corrected chi connectivity index (χ3v) is 6.73. The van der Waals surface area contributed by atoms with E-state index in [1.54, 1.807) is 21.3 Å². The van der Waals surface area contributed by atoms with Crippen molar-refractivity contribution in [2.45, 2.75) is 24.7 Å². The molecule has 1 atom stereocenters. The van der Waals surface area contributed by atoms with Crippen LogP contribution in [0, 0.1) is 0 Å². The summed E-state index contributed by atoms with van der Waals surface area (Å²) in [7, 11) is 4.91. The lowest BCUT2D eigenvalue weighted by Gasteiger charge is -2.37. The summed E-state index contributed by atoms with van der Waals surface area (Å²) in [5, 5.41) is 9.11. The summed E-state index contributed by atoms with van der Waals surface area (Å²) in [4.78, 5) is 13.1. The number of hydrogen-bond acceptors (Lipinski definition) is 7. The summed E-state index contributed by atoms with van der Waals surface area (Å²) in [5.74, 6) is 2.23. The summed E-state index contributed by atoms with van der Waals surface area (Å²) in [6, 6.07) is 23.5. The fourth-order valence-corrected chi connectivity index (χ4v) is 4.84. The highest BCUT2D eigenvalue weighted by Crippen LogP contribution is 2.42. The van der Waals surface area contributed by atoms with Crippen LogP contribution >= 0.6 is 0 Å². The van der Waals surface area contributed by atoms with E-state index in [1.807, 2.05) is 77.7 Å². The van der Waals surface area contributed by atoms with Crippen molar-refractivity contribution in [3.63, 3.8) is 0 Å². The van der Waals surface area contributed by atoms with Crippen LogP contribution in [-0.2, 0) is 15.1 Å². The highest BCUT2D eigenvalue weighted by Gasteiger charge is 2.38. The van der Waals surface area contributed by atoms with Gasteiger partial charge in [-0.2, -0.15) is 0 Å². The Bertz CT molecular complexity index is 1030. The number of carboxylic acid groups (broad SMARTS) is 1. The zero-order valence-electron chi connectivity index (χ0n) is 21.4. The molecule has 1 fully saturated rings. The van der Waals surface area contributed by atoms with E-state index < -0.39 is 18.0 Å². The van der Waals surface area contributed by atoms with Crippen LogP contribution in [-0.4, -0.2) is 63.4 Å². The van der Waals surface area contributed by atoms with E-state index >= 15 is 0 Å². The molecule has 4 rings (SSSR count). The van der Waals surface area contributed by atoms with Crippen molar-refractivity contribution < 1.29 is 33.6 Å². The van der Waals surface area contributed by atoms with Gasteiger partial charge in [-0.05, 0) is 65.9 Å². The van der Waals surface area contributed by atoms with Gasteiger partial charge in [0.25, 0.3) is 0 Å². The Balaban J connectivity index is 1.75. The van der Waals surface area contributed by atoms with Crippen LogP contribution in [0.15, 0.2) is 72.8 Å². The molecule has 8 nitrogen and oxygen atoms in total. The molecule has 0 amide bonds. The molecule has 1 heterocycles. The van der Waals surface area contributed by atoms with Gasteiger partial charge in [0.05, 0.1) is 27.9 Å². The van der Waals surface area contributed by atoms with Crippen LogP contribution in [0.1, 0.15) is 29.5 Å². The Hall–Kier alpha value is -3.75. The molecule has 0 radical (unpaired) electrons. The largest absolute Gasteiger partial charge is 0.507 e. The molecule has 1 saturated heterocycles. The summed E-state index contributed by atoms with van der Waals surface area (Å²) in [5.41, 5.74) is 1.79. The van der Waals surface area contributed by atoms with Crippen molar-refractivity contribution in [2.24, 2.45) is 0 Å². The lowest BCUT2D eigenvalue weighted by molar-refractivity contribution is -0.0427. The van der Waals surface area contributed by atoms with E-state index in [1.165, 1.54) is 0 Å². The van der Waals surface area contributed by atoms with Crippen molar-refractivity contribution in [1.82, 2.24) is 4.90 Å². The predicted octanol–water partition coefficient (Wildman–Crippen LogP) is 5.14. The van der Waals surface area contributed by atoms with Crippen LogP contribution < -0.4 is 14.2 Å². The summed E-state index contributed by atoms with van der Waals surface area (Å²) < 4.78 is 28.1. The quantitative estimate of drug-likeness (QED) is 0.282. The number of methoxy groups -OCH3 is 3. The molecule has 1 N–H and O–H groups in total. The van der Waals surface area contributed by atoms with Crippen LogP contribution in [0.25, 0.3) is 0 Å². The van der Waals surface area contributed by atoms with Gasteiger partial charge in [-0.1, -0.05) is 36.4 Å². The molecular formula is C29H33NO7. The molecule has 0 bridgehead atoms. The normalized spacial score (nSPS) is 15.8. The lowest BCUT2D eigenvalue weighted by atomic mass is 9.80. The molecule has 0 aromatic heterocycles. The number of benzene rings is 3. The van der Waals surface area contributed by atoms with Gasteiger partial charge < -0.3 is 28.8 Å². The molecular weight excluding hydrogens is 474 g/mol. The van der Waals surface area contributed by atoms with E-state index in [0.29, 0.717) is 19.6 Å². The molecule has 8 heteroatoms. The third-order valence-electron chi connectivity index (χ3n) is 6.73. The van der Waals surface area contributed by atoms with Crippen LogP contribution in [0.5, 0.6) is 17.2 Å². The van der Waals surface area contributed by atoms with E-state index in [4.69, 9.17) is 28.8 Å². The van der Waals surface area contributed by atoms with Gasteiger partial charge in [-0.3, -0.25) is 4.90 Å². The van der Waals surface area contributed by atoms with Crippen LogP contribution in [0.3, 0.4) is 0 Å². The minimum Gasteiger partial charge on any atom is -0.497 e. The number of ether oxygens (including phenoxy) is 5. The summed E-state index contributed by atoms with van der Waals surface area (Å²) in [6.45, 7) is 1.60. The molecule has 0 aliphatic carbocycles. The molecule has 0 saturated carbocycles. The highest BCUT2D eigenvalue weighted by molar-refractivity contribution is 5.57. The van der Waals surface area contributed by atoms with Gasteiger partial charge in [0.2, 0.25) is 0 Å². The van der Waals surface area contributed by atoms with E-state index in [0.717, 1.165) is 46.9 Å². The second-order valence-corrected chi connectivity index (χ2v) is 8.73. The first-order valence-electron chi connectivity index (χ1n) is 12.2. The van der Waals surface area contributed by atoms with E-state index in [2.05, 4.69) is 0 Å². The molecule has 1 aliphatic rings. The van der Waals surface area contributed by atoms with E-state index in [9.17, 15) is 4.79 Å². The van der Waals surface area contributed by atoms with Gasteiger partial charge in [0.1, 0.15) is 22.8 Å². The van der Waals surface area contributed by atoms with Crippen molar-refractivity contribution in [3.05, 3.63) is 89.5 Å². The lowest BCUT2D eigenvalue weighted by Crippen LogP contribution is -2.39. The number of rotatable bonds is 11. The Labute approximate surface area is 217 Å². The monoisotopic (exact) mass is 507 g/mol. The summed E-state index contributed by atoms with van der Waals surface area (Å²) in [6.07, 6.45) is -0.175. The topological polar surface area (TPSA) is 86.7 Å². The average Bonchev–Trinajstić information content (AvgIpc) is 3.37. The minimum absolute atomic E-state index is 0.337. The maximum absolute atomic E-state index is 11.1. The SMILES string of the molecule is COc1ccc(C(OCCN2CCC[C@@H]2OC(=O)O)(c2ccc(OC)cc2)c2ccc(OC)cc2)cc1. The van der Waals surface area contributed by atoms with Gasteiger partial charge in [0.15, 0.2) is 6.23 Å². The van der Waals surface area contributed by atoms with Gasteiger partial charge in [-0.15, -0.1) is 0 Å². The number of hydrogen-bond donors (Lipinski definition) is 1. The first-order chi connectivity index (χ1) is 18.0. The molecule has 3 aromatic carbocycles. The predicted molar refractivity (Wildman–Crippen MR) is 139 cm³/mol. The molecule has 196 valence electrons. The summed E-state index contributed by atoms with van der Waals surface area (Å²) >= 11 is 0. The Morgan fingerprint density at radius 1 is 0.811 bits per heavy atom. The Kier molecular flexibility index (Phi) is 8.53. The second-order valence-electron chi connectivity index (χ2n) is 8.73. The van der Waals surface area contributed by atoms with Gasteiger partial charge in [0, 0.05) is 13.1 Å². The average molecular weight is 508 g/mol. The zero-order chi connectivity index (χ0) is 26.3. The van der Waals surface area contributed by atoms with Crippen LogP contribution in [0.4, 0.5) is 4.79 Å². The second kappa shape index (κ2) is 12.0. The van der Waals surface area contributed by atoms with Crippen molar-refractivity contribution >= 4 is 6.16 Å². The maximum atomic E-state index is 11.1. The zero-order valence-corrected chi connectivity index (χ0v) is 21.4. The first-order valence-corrected chi connectivity index (χ1v) is 12.2. The maximum Gasteiger partial charge on any atom is 0.507 e. The van der Waals surface area contributed by atoms with Gasteiger partial charge >= 0.3 is 6.16 Å². The van der Waals surface area contributed by atoms with Crippen molar-refractivity contribution in [3.8, 4) is 17.2 Å².